The fraction of sp³-hybridized carbons (Fsp3) is 0.643. The number of rotatable bonds is 2. The van der Waals surface area contributed by atoms with E-state index in [9.17, 15) is 4.79 Å². The van der Waals surface area contributed by atoms with Crippen molar-refractivity contribution in [2.24, 2.45) is 17.3 Å². The van der Waals surface area contributed by atoms with E-state index in [1.165, 1.54) is 12.0 Å². The molecule has 0 aromatic carbocycles. The van der Waals surface area contributed by atoms with E-state index in [-0.39, 0.29) is 11.2 Å². The summed E-state index contributed by atoms with van der Waals surface area (Å²) in [7, 11) is 0. The van der Waals surface area contributed by atoms with Crippen LogP contribution in [0.25, 0.3) is 0 Å². The van der Waals surface area contributed by atoms with Gasteiger partial charge in [-0.05, 0) is 37.2 Å². The van der Waals surface area contributed by atoms with Crippen LogP contribution in [0.2, 0.25) is 0 Å². The van der Waals surface area contributed by atoms with Gasteiger partial charge in [0.05, 0.1) is 0 Å². The summed E-state index contributed by atoms with van der Waals surface area (Å²) in [5, 5.41) is 0. The lowest BCUT2D eigenvalue weighted by atomic mass is 9.61. The second kappa shape index (κ2) is 4.34. The molecule has 0 aromatic rings. The molecule has 0 heterocycles. The van der Waals surface area contributed by atoms with E-state index >= 15 is 0 Å². The first-order valence-corrected chi connectivity index (χ1v) is 5.72. The van der Waals surface area contributed by atoms with Crippen LogP contribution in [0.5, 0.6) is 0 Å². The maximum atomic E-state index is 11.0. The maximum Gasteiger partial charge on any atom is 0.152 e. The van der Waals surface area contributed by atoms with E-state index in [0.717, 1.165) is 6.42 Å². The van der Waals surface area contributed by atoms with Crippen molar-refractivity contribution in [3.63, 3.8) is 0 Å². The van der Waals surface area contributed by atoms with Crippen molar-refractivity contribution >= 4 is 5.78 Å². The highest BCUT2D eigenvalue weighted by Gasteiger charge is 2.38. The third-order valence-electron chi connectivity index (χ3n) is 3.93. The topological polar surface area (TPSA) is 17.1 Å². The molecule has 84 valence electrons. The van der Waals surface area contributed by atoms with Gasteiger partial charge in [-0.3, -0.25) is 4.79 Å². The Morgan fingerprint density at radius 3 is 2.67 bits per heavy atom. The molecule has 0 aromatic heterocycles. The Hall–Kier alpha value is -0.850. The van der Waals surface area contributed by atoms with Gasteiger partial charge in [0, 0.05) is 5.92 Å². The quantitative estimate of drug-likeness (QED) is 0.496. The lowest BCUT2D eigenvalue weighted by molar-refractivity contribution is -0.112. The van der Waals surface area contributed by atoms with Crippen molar-refractivity contribution in [2.45, 2.75) is 40.5 Å². The second-order valence-corrected chi connectivity index (χ2v) is 5.37. The molecule has 0 amide bonds. The van der Waals surface area contributed by atoms with E-state index in [1.54, 1.807) is 13.0 Å². The Morgan fingerprint density at radius 2 is 2.13 bits per heavy atom. The predicted octanol–water partition coefficient (Wildman–Crippen LogP) is 3.76. The summed E-state index contributed by atoms with van der Waals surface area (Å²) in [5.41, 5.74) is 1.50. The smallest absolute Gasteiger partial charge is 0.152 e. The zero-order chi connectivity index (χ0) is 11.6. The normalized spacial score (nSPS) is 30.8. The Kier molecular flexibility index (Phi) is 3.54. The van der Waals surface area contributed by atoms with Crippen LogP contribution >= 0.6 is 0 Å². The van der Waals surface area contributed by atoms with E-state index in [0.29, 0.717) is 11.8 Å². The molecule has 1 nitrogen and oxygen atoms in total. The zero-order valence-electron chi connectivity index (χ0n) is 10.3. The average molecular weight is 206 g/mol. The predicted molar refractivity (Wildman–Crippen MR) is 64.6 cm³/mol. The number of ketones is 1. The number of carbonyl (C=O) groups is 1. The van der Waals surface area contributed by atoms with Gasteiger partial charge in [0.1, 0.15) is 0 Å². The lowest BCUT2D eigenvalue weighted by Gasteiger charge is -2.44. The molecule has 2 atom stereocenters. The van der Waals surface area contributed by atoms with Crippen molar-refractivity contribution in [3.05, 3.63) is 24.3 Å². The lowest BCUT2D eigenvalue weighted by Crippen LogP contribution is -2.35. The SMILES string of the molecule is C=C1CC[C@H](C)C(C)(C)[C@@H]1/C=C/C(C)=O. The molecule has 15 heavy (non-hydrogen) atoms. The highest BCUT2D eigenvalue weighted by atomic mass is 16.1. The van der Waals surface area contributed by atoms with Gasteiger partial charge in [0.15, 0.2) is 5.78 Å². The molecule has 1 saturated carbocycles. The molecule has 0 bridgehead atoms. The minimum atomic E-state index is 0.122. The standard InChI is InChI=1S/C14H22O/c1-10-6-7-11(2)14(4,5)13(10)9-8-12(3)15/h8-9,11,13H,1,6-7H2,2-5H3/b9-8+/t11-,13+/m0/s1. The molecular weight excluding hydrogens is 184 g/mol. The molecule has 0 unspecified atom stereocenters. The van der Waals surface area contributed by atoms with Crippen molar-refractivity contribution < 1.29 is 4.79 Å². The monoisotopic (exact) mass is 206 g/mol. The Labute approximate surface area is 93.3 Å². The van der Waals surface area contributed by atoms with Crippen molar-refractivity contribution in [1.82, 2.24) is 0 Å². The van der Waals surface area contributed by atoms with Gasteiger partial charge in [-0.2, -0.15) is 0 Å². The highest BCUT2D eigenvalue weighted by molar-refractivity contribution is 5.87. The largest absolute Gasteiger partial charge is 0.295 e. The summed E-state index contributed by atoms with van der Waals surface area (Å²) in [6.45, 7) is 12.6. The molecule has 1 fully saturated rings. The molecule has 1 aliphatic carbocycles. The number of hydrogen-bond acceptors (Lipinski definition) is 1. The van der Waals surface area contributed by atoms with Gasteiger partial charge in [-0.1, -0.05) is 39.0 Å². The summed E-state index contributed by atoms with van der Waals surface area (Å²) in [5.74, 6) is 1.16. The van der Waals surface area contributed by atoms with E-state index in [1.807, 2.05) is 6.08 Å². The van der Waals surface area contributed by atoms with E-state index in [4.69, 9.17) is 0 Å². The van der Waals surface area contributed by atoms with Crippen LogP contribution in [0.15, 0.2) is 24.3 Å². The highest BCUT2D eigenvalue weighted by Crippen LogP contribution is 2.47. The molecule has 0 N–H and O–H groups in total. The molecule has 0 aliphatic heterocycles. The average Bonchev–Trinajstić information content (AvgIpc) is 2.11. The van der Waals surface area contributed by atoms with E-state index in [2.05, 4.69) is 27.4 Å². The van der Waals surface area contributed by atoms with E-state index < -0.39 is 0 Å². The van der Waals surface area contributed by atoms with Crippen LogP contribution < -0.4 is 0 Å². The van der Waals surface area contributed by atoms with Crippen molar-refractivity contribution in [3.8, 4) is 0 Å². The van der Waals surface area contributed by atoms with Gasteiger partial charge < -0.3 is 0 Å². The molecular formula is C14H22O. The van der Waals surface area contributed by atoms with Crippen molar-refractivity contribution in [1.29, 1.82) is 0 Å². The first-order chi connectivity index (χ1) is 6.85. The van der Waals surface area contributed by atoms with Crippen LogP contribution in [0.4, 0.5) is 0 Å². The first kappa shape index (κ1) is 12.2. The molecule has 1 heteroatoms. The third kappa shape index (κ3) is 2.58. The summed E-state index contributed by atoms with van der Waals surface area (Å²) >= 11 is 0. The minimum Gasteiger partial charge on any atom is -0.295 e. The van der Waals surface area contributed by atoms with Gasteiger partial charge >= 0.3 is 0 Å². The summed E-state index contributed by atoms with van der Waals surface area (Å²) in [6, 6.07) is 0. The summed E-state index contributed by atoms with van der Waals surface area (Å²) < 4.78 is 0. The van der Waals surface area contributed by atoms with Crippen molar-refractivity contribution in [2.75, 3.05) is 0 Å². The Bertz CT molecular complexity index is 296. The molecule has 0 spiro atoms. The fourth-order valence-corrected chi connectivity index (χ4v) is 2.38. The van der Waals surface area contributed by atoms with Gasteiger partial charge in [0.2, 0.25) is 0 Å². The maximum absolute atomic E-state index is 11.0. The van der Waals surface area contributed by atoms with Gasteiger partial charge in [-0.25, -0.2) is 0 Å². The molecule has 0 saturated heterocycles. The number of hydrogen-bond donors (Lipinski definition) is 0. The fourth-order valence-electron chi connectivity index (χ4n) is 2.38. The minimum absolute atomic E-state index is 0.122. The third-order valence-corrected chi connectivity index (χ3v) is 3.93. The zero-order valence-corrected chi connectivity index (χ0v) is 10.3. The van der Waals surface area contributed by atoms with Crippen LogP contribution in [0.1, 0.15) is 40.5 Å². The molecule has 1 aliphatic rings. The summed E-state index contributed by atoms with van der Waals surface area (Å²) in [4.78, 5) is 11.0. The van der Waals surface area contributed by atoms with Crippen LogP contribution in [0, 0.1) is 17.3 Å². The second-order valence-electron chi connectivity index (χ2n) is 5.37. The van der Waals surface area contributed by atoms with Crippen LogP contribution in [0.3, 0.4) is 0 Å². The van der Waals surface area contributed by atoms with Gasteiger partial charge in [-0.15, -0.1) is 0 Å². The molecule has 1 rings (SSSR count). The number of carbonyl (C=O) groups excluding carboxylic acids is 1. The first-order valence-electron chi connectivity index (χ1n) is 5.72. The number of allylic oxidation sites excluding steroid dienone is 3. The van der Waals surface area contributed by atoms with Crippen LogP contribution in [-0.2, 0) is 4.79 Å². The van der Waals surface area contributed by atoms with Gasteiger partial charge in [0.25, 0.3) is 0 Å². The summed E-state index contributed by atoms with van der Waals surface area (Å²) in [6.07, 6.45) is 6.05. The Balaban J connectivity index is 2.90. The Morgan fingerprint density at radius 1 is 1.53 bits per heavy atom. The van der Waals surface area contributed by atoms with Crippen LogP contribution in [-0.4, -0.2) is 5.78 Å². The molecule has 0 radical (unpaired) electrons.